The van der Waals surface area contributed by atoms with Crippen molar-refractivity contribution >= 4 is 17.3 Å². The first kappa shape index (κ1) is 11.4. The molecule has 0 unspecified atom stereocenters. The van der Waals surface area contributed by atoms with Crippen LogP contribution in [-0.4, -0.2) is 11.6 Å². The van der Waals surface area contributed by atoms with E-state index >= 15 is 0 Å². The molecule has 0 saturated carbocycles. The van der Waals surface area contributed by atoms with Gasteiger partial charge in [-0.2, -0.15) is 0 Å². The number of nitrogen functional groups attached to an aromatic ring is 1. The number of hydrogen-bond donors (Lipinski definition) is 1. The monoisotopic (exact) mass is 205 g/mol. The molecular formula is C12H15NO2. The number of Topliss-reactive ketones (excluding diaryl/α,β-unsaturated/α-hetero) is 2. The fourth-order valence-electron chi connectivity index (χ4n) is 1.43. The van der Waals surface area contributed by atoms with Crippen molar-refractivity contribution < 1.29 is 9.59 Å². The summed E-state index contributed by atoms with van der Waals surface area (Å²) in [6.45, 7) is 3.55. The summed E-state index contributed by atoms with van der Waals surface area (Å²) in [7, 11) is 0. The number of para-hydroxylation sites is 1. The summed E-state index contributed by atoms with van der Waals surface area (Å²) in [6, 6.07) is 5.02. The predicted octanol–water partition coefficient (Wildman–Crippen LogP) is 2.45. The van der Waals surface area contributed by atoms with Gasteiger partial charge in [-0.3, -0.25) is 9.59 Å². The van der Waals surface area contributed by atoms with Crippen LogP contribution in [-0.2, 0) is 0 Å². The molecule has 1 aromatic carbocycles. The fraction of sp³-hybridized carbons (Fsp3) is 0.333. The Hall–Kier alpha value is -1.64. The van der Waals surface area contributed by atoms with Crippen molar-refractivity contribution in [2.75, 3.05) is 5.73 Å². The highest BCUT2D eigenvalue weighted by molar-refractivity contribution is 6.08. The summed E-state index contributed by atoms with van der Waals surface area (Å²) in [5.41, 5.74) is 7.02. The molecule has 2 N–H and O–H groups in total. The quantitative estimate of drug-likeness (QED) is 0.606. The third kappa shape index (κ3) is 2.24. The molecule has 0 amide bonds. The van der Waals surface area contributed by atoms with Crippen LogP contribution in [0.2, 0.25) is 0 Å². The standard InChI is InChI=1S/C12H15NO2/c1-3-10(14)8-6-5-7-9(12(8)13)11(15)4-2/h5-7H,3-4,13H2,1-2H3. The van der Waals surface area contributed by atoms with Gasteiger partial charge >= 0.3 is 0 Å². The Labute approximate surface area is 89.3 Å². The van der Waals surface area contributed by atoms with Crippen LogP contribution < -0.4 is 5.73 Å². The van der Waals surface area contributed by atoms with Crippen molar-refractivity contribution in [3.8, 4) is 0 Å². The van der Waals surface area contributed by atoms with Gasteiger partial charge in [-0.25, -0.2) is 0 Å². The Morgan fingerprint density at radius 1 is 1.07 bits per heavy atom. The summed E-state index contributed by atoms with van der Waals surface area (Å²) >= 11 is 0. The zero-order valence-electron chi connectivity index (χ0n) is 9.04. The number of nitrogens with two attached hydrogens (primary N) is 1. The van der Waals surface area contributed by atoms with E-state index in [1.165, 1.54) is 0 Å². The van der Waals surface area contributed by atoms with Crippen molar-refractivity contribution in [1.29, 1.82) is 0 Å². The number of anilines is 1. The molecule has 3 nitrogen and oxygen atoms in total. The maximum atomic E-state index is 11.5. The molecule has 3 heteroatoms. The molecule has 0 radical (unpaired) electrons. The van der Waals surface area contributed by atoms with E-state index in [1.54, 1.807) is 32.0 Å². The maximum absolute atomic E-state index is 11.5. The van der Waals surface area contributed by atoms with E-state index in [2.05, 4.69) is 0 Å². The van der Waals surface area contributed by atoms with E-state index in [4.69, 9.17) is 5.73 Å². The van der Waals surface area contributed by atoms with Crippen molar-refractivity contribution in [3.63, 3.8) is 0 Å². The number of rotatable bonds is 4. The Morgan fingerprint density at radius 2 is 1.47 bits per heavy atom. The van der Waals surface area contributed by atoms with E-state index in [9.17, 15) is 9.59 Å². The van der Waals surface area contributed by atoms with Crippen LogP contribution in [0.1, 0.15) is 47.4 Å². The SMILES string of the molecule is CCC(=O)c1cccc(C(=O)CC)c1N. The molecule has 0 aliphatic rings. The minimum absolute atomic E-state index is 0.0294. The summed E-state index contributed by atoms with van der Waals surface area (Å²) in [5.74, 6) is -0.0588. The van der Waals surface area contributed by atoms with Crippen molar-refractivity contribution in [2.45, 2.75) is 26.7 Å². The number of carbonyl (C=O) groups is 2. The molecule has 80 valence electrons. The van der Waals surface area contributed by atoms with Crippen LogP contribution in [0.15, 0.2) is 18.2 Å². The third-order valence-corrected chi connectivity index (χ3v) is 2.35. The molecule has 0 atom stereocenters. The minimum atomic E-state index is -0.0294. The van der Waals surface area contributed by atoms with Crippen LogP contribution in [0.25, 0.3) is 0 Å². The highest BCUT2D eigenvalue weighted by Crippen LogP contribution is 2.20. The lowest BCUT2D eigenvalue weighted by Gasteiger charge is -2.07. The molecule has 1 aromatic rings. The second-order valence-electron chi connectivity index (χ2n) is 3.32. The molecule has 0 aliphatic carbocycles. The molecule has 15 heavy (non-hydrogen) atoms. The molecule has 0 heterocycles. The zero-order valence-corrected chi connectivity index (χ0v) is 9.04. The van der Waals surface area contributed by atoms with E-state index in [0.717, 1.165) is 0 Å². The number of carbonyl (C=O) groups excluding carboxylic acids is 2. The van der Waals surface area contributed by atoms with Gasteiger partial charge in [0.2, 0.25) is 0 Å². The first-order valence-electron chi connectivity index (χ1n) is 5.06. The Morgan fingerprint density at radius 3 is 1.80 bits per heavy atom. The number of hydrogen-bond acceptors (Lipinski definition) is 3. The van der Waals surface area contributed by atoms with Gasteiger partial charge in [-0.05, 0) is 12.1 Å². The smallest absolute Gasteiger partial charge is 0.164 e. The van der Waals surface area contributed by atoms with Crippen LogP contribution in [0.4, 0.5) is 5.69 Å². The van der Waals surface area contributed by atoms with E-state index < -0.39 is 0 Å². The third-order valence-electron chi connectivity index (χ3n) is 2.35. The van der Waals surface area contributed by atoms with Crippen LogP contribution in [0, 0.1) is 0 Å². The second-order valence-corrected chi connectivity index (χ2v) is 3.32. The fourth-order valence-corrected chi connectivity index (χ4v) is 1.43. The van der Waals surface area contributed by atoms with Gasteiger partial charge in [-0.15, -0.1) is 0 Å². The lowest BCUT2D eigenvalue weighted by atomic mass is 9.99. The van der Waals surface area contributed by atoms with Crippen LogP contribution in [0.3, 0.4) is 0 Å². The Balaban J connectivity index is 3.23. The van der Waals surface area contributed by atoms with Crippen LogP contribution >= 0.6 is 0 Å². The van der Waals surface area contributed by atoms with E-state index in [1.807, 2.05) is 0 Å². The lowest BCUT2D eigenvalue weighted by molar-refractivity contribution is 0.0987. The molecule has 1 rings (SSSR count). The largest absolute Gasteiger partial charge is 0.398 e. The normalized spacial score (nSPS) is 10.0. The molecule has 0 bridgehead atoms. The molecule has 0 aromatic heterocycles. The van der Waals surface area contributed by atoms with Crippen molar-refractivity contribution in [2.24, 2.45) is 0 Å². The number of benzene rings is 1. The van der Waals surface area contributed by atoms with Gasteiger partial charge < -0.3 is 5.73 Å². The second kappa shape index (κ2) is 4.73. The zero-order chi connectivity index (χ0) is 11.4. The summed E-state index contributed by atoms with van der Waals surface area (Å²) in [4.78, 5) is 23.0. The van der Waals surface area contributed by atoms with E-state index in [0.29, 0.717) is 29.7 Å². The highest BCUT2D eigenvalue weighted by atomic mass is 16.1. The average molecular weight is 205 g/mol. The first-order valence-corrected chi connectivity index (χ1v) is 5.06. The molecule has 0 spiro atoms. The van der Waals surface area contributed by atoms with Crippen LogP contribution in [0.5, 0.6) is 0 Å². The van der Waals surface area contributed by atoms with Gasteiger partial charge in [0.15, 0.2) is 11.6 Å². The summed E-state index contributed by atoms with van der Waals surface area (Å²) in [5, 5.41) is 0. The minimum Gasteiger partial charge on any atom is -0.398 e. The lowest BCUT2D eigenvalue weighted by Crippen LogP contribution is -2.08. The number of ketones is 2. The summed E-state index contributed by atoms with van der Waals surface area (Å²) in [6.07, 6.45) is 0.794. The first-order chi connectivity index (χ1) is 7.11. The maximum Gasteiger partial charge on any atom is 0.164 e. The molecule has 0 aliphatic heterocycles. The Bertz CT molecular complexity index is 362. The topological polar surface area (TPSA) is 60.2 Å². The van der Waals surface area contributed by atoms with Gasteiger partial charge in [0.25, 0.3) is 0 Å². The predicted molar refractivity (Wildman–Crippen MR) is 60.1 cm³/mol. The van der Waals surface area contributed by atoms with Crippen molar-refractivity contribution in [3.05, 3.63) is 29.3 Å². The molecular weight excluding hydrogens is 190 g/mol. The average Bonchev–Trinajstić information content (AvgIpc) is 2.27. The highest BCUT2D eigenvalue weighted by Gasteiger charge is 2.14. The summed E-state index contributed by atoms with van der Waals surface area (Å²) < 4.78 is 0. The molecule has 0 fully saturated rings. The van der Waals surface area contributed by atoms with Gasteiger partial charge in [0, 0.05) is 24.0 Å². The van der Waals surface area contributed by atoms with Gasteiger partial charge in [-0.1, -0.05) is 19.9 Å². The van der Waals surface area contributed by atoms with E-state index in [-0.39, 0.29) is 11.6 Å². The van der Waals surface area contributed by atoms with Gasteiger partial charge in [0.1, 0.15) is 0 Å². The molecule has 0 saturated heterocycles. The van der Waals surface area contributed by atoms with Crippen molar-refractivity contribution in [1.82, 2.24) is 0 Å². The van der Waals surface area contributed by atoms with Gasteiger partial charge in [0.05, 0.1) is 5.69 Å². The Kier molecular flexibility index (Phi) is 3.61.